The molecule has 12 heteroatoms. The third-order valence-corrected chi connectivity index (χ3v) is 12.2. The van der Waals surface area contributed by atoms with Crippen molar-refractivity contribution in [2.45, 2.75) is 82.9 Å². The second-order valence-electron chi connectivity index (χ2n) is 15.7. The number of β-amino-alcohol motifs (C(OH)–C–C–N with tert-alkyl or cyclic N) is 1. The lowest BCUT2D eigenvalue weighted by Gasteiger charge is -2.56. The number of aromatic nitrogens is 3. The molecule has 3 N–H and O–H groups in total. The van der Waals surface area contributed by atoms with E-state index >= 15 is 8.78 Å². The Morgan fingerprint density at radius 3 is 2.60 bits per heavy atom. The lowest BCUT2D eigenvalue weighted by atomic mass is 9.65. The van der Waals surface area contributed by atoms with Gasteiger partial charge in [-0.3, -0.25) is 4.90 Å². The number of ether oxygens (including phenoxy) is 2. The Kier molecular flexibility index (Phi) is 8.87. The molecule has 0 bridgehead atoms. The number of rotatable bonds is 8. The molecule has 3 unspecified atom stereocenters. The minimum absolute atomic E-state index is 0.00504. The van der Waals surface area contributed by atoms with E-state index in [2.05, 4.69) is 27.7 Å². The highest BCUT2D eigenvalue weighted by Gasteiger charge is 2.53. The Morgan fingerprint density at radius 1 is 1.04 bits per heavy atom. The molecule has 3 atom stereocenters. The van der Waals surface area contributed by atoms with Crippen molar-refractivity contribution < 1.29 is 33.6 Å². The number of methoxy groups -OCH3 is 1. The van der Waals surface area contributed by atoms with Gasteiger partial charge in [-0.1, -0.05) is 25.3 Å². The van der Waals surface area contributed by atoms with E-state index in [1.807, 2.05) is 4.90 Å². The number of aromatic hydroxyl groups is 1. The highest BCUT2D eigenvalue weighted by atomic mass is 19.1. The Morgan fingerprint density at radius 2 is 1.85 bits per heavy atom. The number of halogens is 2. The first-order chi connectivity index (χ1) is 25.1. The summed E-state index contributed by atoms with van der Waals surface area (Å²) in [5, 5.41) is 32.1. The zero-order valence-electron chi connectivity index (χ0n) is 29.7. The van der Waals surface area contributed by atoms with Gasteiger partial charge in [-0.05, 0) is 86.9 Å². The summed E-state index contributed by atoms with van der Waals surface area (Å²) in [5.74, 6) is 1.07. The maximum absolute atomic E-state index is 17.2. The second kappa shape index (κ2) is 13.3. The van der Waals surface area contributed by atoms with E-state index < -0.39 is 17.7 Å². The van der Waals surface area contributed by atoms with Crippen molar-refractivity contribution in [3.8, 4) is 41.2 Å². The summed E-state index contributed by atoms with van der Waals surface area (Å²) in [5.41, 5.74) is -0.470. The molecule has 0 radical (unpaired) electrons. The molecular weight excluding hydrogens is 668 g/mol. The molecule has 4 aliphatic rings. The van der Waals surface area contributed by atoms with Crippen LogP contribution in [0.15, 0.2) is 24.3 Å². The van der Waals surface area contributed by atoms with Crippen molar-refractivity contribution in [2.24, 2.45) is 10.8 Å². The summed E-state index contributed by atoms with van der Waals surface area (Å²) >= 11 is 0. The molecule has 4 fully saturated rings. The molecule has 8 rings (SSSR count). The van der Waals surface area contributed by atoms with Crippen LogP contribution in [0.5, 0.6) is 17.6 Å². The standard InChI is InChI=1S/C40H45F2N5O5/c1-4-27-29(41)11-10-23-16-26(50)17-28(31(23)27)34-33(42)35-32(37(43-34)51-3)36(46-14-6-8-25(49)20-46)45-38(44-35)52-22-40-12-5-9-30(40)47(15-7-13-40)24-18-39(2,19-24)21-48/h1,10-11,16-17,24-25,30,48-50H,5-9,12-15,18-22H2,2-3H3. The minimum Gasteiger partial charge on any atom is -0.508 e. The quantitative estimate of drug-likeness (QED) is 0.189. The minimum atomic E-state index is -0.835. The van der Waals surface area contributed by atoms with Gasteiger partial charge in [0.05, 0.1) is 25.4 Å². The van der Waals surface area contributed by atoms with Gasteiger partial charge in [0, 0.05) is 48.1 Å². The molecule has 4 heterocycles. The zero-order valence-corrected chi connectivity index (χ0v) is 29.7. The SMILES string of the molecule is C#Cc1c(F)ccc2cc(O)cc(-c3nc(OC)c4c(N5CCCC(O)C5)nc(OCC56CCCC5N(C5CC(C)(CO)C5)CCC6)nc4c3F)c12. The van der Waals surface area contributed by atoms with Gasteiger partial charge in [-0.2, -0.15) is 9.97 Å². The van der Waals surface area contributed by atoms with Gasteiger partial charge < -0.3 is 29.7 Å². The smallest absolute Gasteiger partial charge is 0.319 e. The van der Waals surface area contributed by atoms with Crippen LogP contribution in [-0.2, 0) is 0 Å². The number of piperidine rings is 2. The Balaban J connectivity index is 1.23. The van der Waals surface area contributed by atoms with Crippen molar-refractivity contribution in [2.75, 3.05) is 44.9 Å². The summed E-state index contributed by atoms with van der Waals surface area (Å²) in [6.07, 6.45) is 13.6. The highest BCUT2D eigenvalue weighted by Crippen LogP contribution is 2.53. The van der Waals surface area contributed by atoms with Crippen molar-refractivity contribution in [1.82, 2.24) is 19.9 Å². The van der Waals surface area contributed by atoms with Crippen LogP contribution >= 0.6 is 0 Å². The number of hydrogen-bond acceptors (Lipinski definition) is 10. The largest absolute Gasteiger partial charge is 0.508 e. The van der Waals surface area contributed by atoms with Crippen molar-refractivity contribution >= 4 is 27.5 Å². The van der Waals surface area contributed by atoms with E-state index in [4.69, 9.17) is 20.9 Å². The number of phenolic OH excluding ortho intramolecular Hbond substituents is 1. The normalized spacial score (nSPS) is 27.7. The first-order valence-electron chi connectivity index (χ1n) is 18.4. The first kappa shape index (κ1) is 34.8. The van der Waals surface area contributed by atoms with Crippen molar-refractivity contribution in [3.05, 3.63) is 41.5 Å². The van der Waals surface area contributed by atoms with Gasteiger partial charge >= 0.3 is 6.01 Å². The molecule has 0 amide bonds. The van der Waals surface area contributed by atoms with Crippen LogP contribution in [-0.4, -0.2) is 93.3 Å². The molecule has 52 heavy (non-hydrogen) atoms. The molecule has 10 nitrogen and oxygen atoms in total. The van der Waals surface area contributed by atoms with Crippen LogP contribution in [0.4, 0.5) is 14.6 Å². The summed E-state index contributed by atoms with van der Waals surface area (Å²) in [4.78, 5) is 18.6. The van der Waals surface area contributed by atoms with Crippen LogP contribution < -0.4 is 14.4 Å². The summed E-state index contributed by atoms with van der Waals surface area (Å²) < 4.78 is 44.5. The molecule has 2 saturated carbocycles. The Labute approximate surface area is 301 Å². The van der Waals surface area contributed by atoms with Gasteiger partial charge in [0.2, 0.25) is 5.88 Å². The van der Waals surface area contributed by atoms with Gasteiger partial charge in [0.25, 0.3) is 0 Å². The number of aliphatic hydroxyl groups is 2. The average Bonchev–Trinajstić information content (AvgIpc) is 3.57. The van der Waals surface area contributed by atoms with Crippen LogP contribution in [0.1, 0.15) is 70.3 Å². The molecule has 4 aromatic rings. The maximum Gasteiger partial charge on any atom is 0.319 e. The molecule has 0 spiro atoms. The lowest BCUT2D eigenvalue weighted by Crippen LogP contribution is -2.60. The van der Waals surface area contributed by atoms with E-state index in [1.54, 1.807) is 0 Å². The zero-order chi connectivity index (χ0) is 36.4. The predicted molar refractivity (Wildman–Crippen MR) is 194 cm³/mol. The first-order valence-corrected chi connectivity index (χ1v) is 18.4. The number of benzene rings is 2. The van der Waals surface area contributed by atoms with Crippen LogP contribution in [0.3, 0.4) is 0 Å². The Bertz CT molecular complexity index is 2080. The average molecular weight is 714 g/mol. The van der Waals surface area contributed by atoms with Crippen LogP contribution in [0.25, 0.3) is 32.9 Å². The number of terminal acetylenes is 1. The Hall–Kier alpha value is -4.31. The third kappa shape index (κ3) is 5.78. The maximum atomic E-state index is 17.2. The number of fused-ring (bicyclic) bond motifs is 3. The summed E-state index contributed by atoms with van der Waals surface area (Å²) in [6.45, 7) is 4.58. The van der Waals surface area contributed by atoms with Crippen LogP contribution in [0.2, 0.25) is 0 Å². The fourth-order valence-electron chi connectivity index (χ4n) is 9.65. The highest BCUT2D eigenvalue weighted by molar-refractivity contribution is 6.04. The molecular formula is C40H45F2N5O5. The molecule has 2 aliphatic carbocycles. The van der Waals surface area contributed by atoms with Gasteiger partial charge in [-0.15, -0.1) is 6.42 Å². The number of pyridine rings is 1. The van der Waals surface area contributed by atoms with Crippen LogP contribution in [0, 0.1) is 34.8 Å². The van der Waals surface area contributed by atoms with E-state index in [0.29, 0.717) is 49.3 Å². The number of aliphatic hydroxyl groups excluding tert-OH is 2. The fourth-order valence-corrected chi connectivity index (χ4v) is 9.65. The number of hydrogen-bond donors (Lipinski definition) is 3. The number of anilines is 1. The molecule has 2 aliphatic heterocycles. The predicted octanol–water partition coefficient (Wildman–Crippen LogP) is 5.95. The molecule has 2 saturated heterocycles. The summed E-state index contributed by atoms with van der Waals surface area (Å²) in [6, 6.07) is 6.20. The van der Waals surface area contributed by atoms with Gasteiger partial charge in [-0.25, -0.2) is 13.8 Å². The monoisotopic (exact) mass is 713 g/mol. The third-order valence-electron chi connectivity index (χ3n) is 12.2. The van der Waals surface area contributed by atoms with E-state index in [-0.39, 0.29) is 74.7 Å². The van der Waals surface area contributed by atoms with Crippen molar-refractivity contribution in [3.63, 3.8) is 0 Å². The molecule has 2 aromatic carbocycles. The summed E-state index contributed by atoms with van der Waals surface area (Å²) in [7, 11) is 1.41. The van der Waals surface area contributed by atoms with Crippen molar-refractivity contribution in [1.29, 1.82) is 0 Å². The van der Waals surface area contributed by atoms with E-state index in [1.165, 1.54) is 31.4 Å². The number of phenols is 1. The van der Waals surface area contributed by atoms with Gasteiger partial charge in [0.1, 0.15) is 34.0 Å². The number of likely N-dealkylation sites (tertiary alicyclic amines) is 1. The van der Waals surface area contributed by atoms with E-state index in [0.717, 1.165) is 51.5 Å². The van der Waals surface area contributed by atoms with E-state index in [9.17, 15) is 15.3 Å². The van der Waals surface area contributed by atoms with Gasteiger partial charge in [0.15, 0.2) is 5.82 Å². The molecule has 274 valence electrons. The second-order valence-corrected chi connectivity index (χ2v) is 15.7. The number of nitrogens with zero attached hydrogens (tertiary/aromatic N) is 5. The fraction of sp³-hybridized carbons (Fsp3) is 0.525. The lowest BCUT2D eigenvalue weighted by molar-refractivity contribution is -0.0884. The topological polar surface area (TPSA) is 124 Å². The molecule has 2 aromatic heterocycles.